The highest BCUT2D eigenvalue weighted by Gasteiger charge is 2.27. The van der Waals surface area contributed by atoms with Gasteiger partial charge in [-0.1, -0.05) is 0 Å². The van der Waals surface area contributed by atoms with Crippen molar-refractivity contribution in [2.24, 2.45) is 5.73 Å². The molecule has 0 spiro atoms. The third kappa shape index (κ3) is 3.65. The average Bonchev–Trinajstić information content (AvgIpc) is 2.69. The predicted molar refractivity (Wildman–Crippen MR) is 73.3 cm³/mol. The maximum Gasteiger partial charge on any atom is 0.304 e. The Balaban J connectivity index is 3.27. The minimum Gasteiger partial charge on any atom is -0.388 e. The van der Waals surface area contributed by atoms with Crippen LogP contribution in [0.2, 0.25) is 0 Å². The highest BCUT2D eigenvalue weighted by molar-refractivity contribution is 7.16. The highest BCUT2D eigenvalue weighted by atomic mass is 32.1. The summed E-state index contributed by atoms with van der Waals surface area (Å²) in [6.45, 7) is 5.06. The van der Waals surface area contributed by atoms with Crippen molar-refractivity contribution in [2.75, 3.05) is 11.4 Å². The molecular weight excluding hydrogens is 270 g/mol. The van der Waals surface area contributed by atoms with E-state index in [-0.39, 0.29) is 18.3 Å². The molecule has 7 nitrogen and oxygen atoms in total. The number of anilines is 1. The maximum atomic E-state index is 11.1. The second-order valence-electron chi connectivity index (χ2n) is 4.46. The summed E-state index contributed by atoms with van der Waals surface area (Å²) in [4.78, 5) is 23.7. The summed E-state index contributed by atoms with van der Waals surface area (Å²) in [6, 6.07) is 1.22. The Bertz CT molecular complexity index is 484. The monoisotopic (exact) mass is 287 g/mol. The molecule has 1 rings (SSSR count). The lowest BCUT2D eigenvalue weighted by Crippen LogP contribution is -2.38. The molecule has 1 aromatic heterocycles. The molecule has 1 atom stereocenters. The summed E-state index contributed by atoms with van der Waals surface area (Å²) in [6.07, 6.45) is -0.792. The zero-order chi connectivity index (χ0) is 14.7. The Kier molecular flexibility index (Phi) is 4.84. The summed E-state index contributed by atoms with van der Waals surface area (Å²) in [5.41, 5.74) is 5.05. The Morgan fingerprint density at radius 3 is 2.53 bits per heavy atom. The molecule has 0 aliphatic rings. The van der Waals surface area contributed by atoms with Crippen molar-refractivity contribution in [3.8, 4) is 0 Å². The third-order valence-electron chi connectivity index (χ3n) is 2.53. The third-order valence-corrected chi connectivity index (χ3v) is 3.86. The molecule has 0 unspecified atom stereocenters. The van der Waals surface area contributed by atoms with E-state index in [1.165, 1.54) is 13.0 Å². The van der Waals surface area contributed by atoms with Gasteiger partial charge in [-0.2, -0.15) is 0 Å². The Hall–Kier alpha value is -1.67. The number of nitrogens with zero attached hydrogens (tertiary/aromatic N) is 2. The van der Waals surface area contributed by atoms with Gasteiger partial charge in [-0.15, -0.1) is 11.3 Å². The fourth-order valence-electron chi connectivity index (χ4n) is 1.59. The van der Waals surface area contributed by atoms with E-state index in [0.29, 0.717) is 9.88 Å². The van der Waals surface area contributed by atoms with E-state index in [1.807, 2.05) is 13.8 Å². The van der Waals surface area contributed by atoms with Gasteiger partial charge in [-0.05, 0) is 20.8 Å². The van der Waals surface area contributed by atoms with Crippen LogP contribution in [0.5, 0.6) is 0 Å². The van der Waals surface area contributed by atoms with E-state index in [9.17, 15) is 20.0 Å². The Morgan fingerprint density at radius 2 is 2.16 bits per heavy atom. The number of aliphatic hydroxyl groups is 1. The van der Waals surface area contributed by atoms with Crippen LogP contribution in [0.1, 0.15) is 31.8 Å². The Labute approximate surface area is 114 Å². The molecule has 0 fully saturated rings. The SMILES string of the molecule is CC(C)N(CC(N)=O)c1sc([C@@H](C)O)cc1[N+](=O)[O-]. The smallest absolute Gasteiger partial charge is 0.304 e. The number of carbonyl (C=O) groups excluding carboxylic acids is 1. The van der Waals surface area contributed by atoms with Gasteiger partial charge in [0.1, 0.15) is 0 Å². The zero-order valence-corrected chi connectivity index (χ0v) is 11.8. The first kappa shape index (κ1) is 15.4. The number of primary amides is 1. The zero-order valence-electron chi connectivity index (χ0n) is 11.0. The number of thiophene rings is 1. The fourth-order valence-corrected chi connectivity index (χ4v) is 2.78. The molecule has 1 amide bonds. The molecule has 19 heavy (non-hydrogen) atoms. The molecule has 8 heteroatoms. The van der Waals surface area contributed by atoms with Crippen molar-refractivity contribution in [3.05, 3.63) is 21.1 Å². The van der Waals surface area contributed by atoms with Crippen LogP contribution in [0.3, 0.4) is 0 Å². The van der Waals surface area contributed by atoms with E-state index in [0.717, 1.165) is 11.3 Å². The number of amides is 1. The van der Waals surface area contributed by atoms with Gasteiger partial charge in [0.05, 0.1) is 17.6 Å². The molecule has 0 aliphatic heterocycles. The first-order valence-electron chi connectivity index (χ1n) is 5.75. The van der Waals surface area contributed by atoms with E-state index in [1.54, 1.807) is 4.90 Å². The van der Waals surface area contributed by atoms with Gasteiger partial charge in [-0.3, -0.25) is 14.9 Å². The van der Waals surface area contributed by atoms with Gasteiger partial charge in [0.25, 0.3) is 0 Å². The average molecular weight is 287 g/mol. The fraction of sp³-hybridized carbons (Fsp3) is 0.545. The van der Waals surface area contributed by atoms with Gasteiger partial charge in [0.15, 0.2) is 5.00 Å². The van der Waals surface area contributed by atoms with Crippen LogP contribution in [0.4, 0.5) is 10.7 Å². The highest BCUT2D eigenvalue weighted by Crippen LogP contribution is 2.40. The summed E-state index contributed by atoms with van der Waals surface area (Å²) < 4.78 is 0. The second kappa shape index (κ2) is 5.98. The quantitative estimate of drug-likeness (QED) is 0.607. The minimum atomic E-state index is -0.792. The van der Waals surface area contributed by atoms with E-state index in [2.05, 4.69) is 0 Å². The molecule has 0 saturated carbocycles. The summed E-state index contributed by atoms with van der Waals surface area (Å²) in [7, 11) is 0. The lowest BCUT2D eigenvalue weighted by molar-refractivity contribution is -0.383. The van der Waals surface area contributed by atoms with Crippen molar-refractivity contribution < 1.29 is 14.8 Å². The topological polar surface area (TPSA) is 110 Å². The molecule has 3 N–H and O–H groups in total. The van der Waals surface area contributed by atoms with Gasteiger partial charge in [0, 0.05) is 17.0 Å². The van der Waals surface area contributed by atoms with E-state index >= 15 is 0 Å². The van der Waals surface area contributed by atoms with Crippen molar-refractivity contribution in [3.63, 3.8) is 0 Å². The van der Waals surface area contributed by atoms with E-state index < -0.39 is 16.9 Å². The van der Waals surface area contributed by atoms with Crippen LogP contribution >= 0.6 is 11.3 Å². The van der Waals surface area contributed by atoms with Crippen molar-refractivity contribution in [1.82, 2.24) is 0 Å². The lowest BCUT2D eigenvalue weighted by atomic mass is 10.3. The molecule has 0 aromatic carbocycles. The maximum absolute atomic E-state index is 11.1. The standard InChI is InChI=1S/C11H17N3O4S/c1-6(2)13(5-10(12)16)11-8(14(17)18)4-9(19-11)7(3)15/h4,6-7,15H,5H2,1-3H3,(H2,12,16)/t7-/m1/s1. The predicted octanol–water partition coefficient (Wildman–Crippen LogP) is 1.41. The van der Waals surface area contributed by atoms with Crippen LogP contribution in [-0.2, 0) is 4.79 Å². The molecule has 0 radical (unpaired) electrons. The lowest BCUT2D eigenvalue weighted by Gasteiger charge is -2.25. The molecule has 106 valence electrons. The number of nitro groups is 1. The van der Waals surface area contributed by atoms with E-state index in [4.69, 9.17) is 5.73 Å². The van der Waals surface area contributed by atoms with Gasteiger partial charge >= 0.3 is 5.69 Å². The number of rotatable bonds is 6. The molecule has 1 heterocycles. The van der Waals surface area contributed by atoms with Gasteiger partial charge < -0.3 is 15.7 Å². The summed E-state index contributed by atoms with van der Waals surface area (Å²) in [5, 5.41) is 20.9. The first-order chi connectivity index (χ1) is 8.73. The normalized spacial score (nSPS) is 12.5. The number of aliphatic hydroxyl groups excluding tert-OH is 1. The second-order valence-corrected chi connectivity index (χ2v) is 5.52. The van der Waals surface area contributed by atoms with Gasteiger partial charge in [-0.25, -0.2) is 0 Å². The van der Waals surface area contributed by atoms with Crippen LogP contribution in [0.15, 0.2) is 6.07 Å². The number of hydrogen-bond acceptors (Lipinski definition) is 6. The Morgan fingerprint density at radius 1 is 1.58 bits per heavy atom. The molecular formula is C11H17N3O4S. The largest absolute Gasteiger partial charge is 0.388 e. The summed E-state index contributed by atoms with van der Waals surface area (Å²) in [5.74, 6) is -0.560. The van der Waals surface area contributed by atoms with Crippen molar-refractivity contribution >= 4 is 27.9 Å². The van der Waals surface area contributed by atoms with Crippen LogP contribution in [0.25, 0.3) is 0 Å². The van der Waals surface area contributed by atoms with Gasteiger partial charge in [0.2, 0.25) is 5.91 Å². The molecule has 0 aliphatic carbocycles. The minimum absolute atomic E-state index is 0.0989. The van der Waals surface area contributed by atoms with Crippen LogP contribution in [0, 0.1) is 10.1 Å². The number of nitrogens with two attached hydrogens (primary N) is 1. The van der Waals surface area contributed by atoms with Crippen molar-refractivity contribution in [2.45, 2.75) is 32.9 Å². The number of carbonyl (C=O) groups is 1. The molecule has 0 saturated heterocycles. The van der Waals surface area contributed by atoms with Crippen molar-refractivity contribution in [1.29, 1.82) is 0 Å². The van der Waals surface area contributed by atoms with Crippen LogP contribution < -0.4 is 10.6 Å². The number of hydrogen-bond donors (Lipinski definition) is 2. The first-order valence-corrected chi connectivity index (χ1v) is 6.56. The summed E-state index contributed by atoms with van der Waals surface area (Å²) >= 11 is 1.10. The molecule has 1 aromatic rings. The molecule has 0 bridgehead atoms. The van der Waals surface area contributed by atoms with Crippen LogP contribution in [-0.4, -0.2) is 28.5 Å².